The fourth-order valence-corrected chi connectivity index (χ4v) is 18.3. The molecule has 552 valence electrons. The first-order valence-electron chi connectivity index (χ1n) is 38.5. The van der Waals surface area contributed by atoms with E-state index in [9.17, 15) is 29.4 Å². The number of rotatable bonds is 11. The average Bonchev–Trinajstić information content (AvgIpc) is 1.37. The van der Waals surface area contributed by atoms with E-state index in [1.54, 1.807) is 6.92 Å². The highest BCUT2D eigenvalue weighted by molar-refractivity contribution is 5.82. The lowest BCUT2D eigenvalue weighted by molar-refractivity contribution is -0.163. The molecule has 13 rings (SSSR count). The summed E-state index contributed by atoms with van der Waals surface area (Å²) in [6, 6.07) is 48.3. The molecular formula is C88H140O10. The third-order valence-electron chi connectivity index (χ3n) is 22.1. The predicted molar refractivity (Wildman–Crippen MR) is 414 cm³/mol. The molecule has 5 N–H and O–H groups in total. The standard InChI is InChI=1S/C27H46O2.C16H16O2.C12H18O2.C10H8.C6H6.C3H6O2.C2H4O2.6C2H6/c1-16-11-12-26(5)20(13-16)14-18(3)25-22-9-8-21(17(2)7-10-24(28)29)27(22,6)19(4)15-23(25)26;1-16(12-15(17)18,13-8-4-2-5-9-13)14-10-6-3-7-11-14;13-11(14)7-12-4-8-1-9(5-12)3-10(2-8)6-12;1-2-6-10-8-4-3-7-9(10)5-1;1-2-4-6-5-3-1;1-2-3(4)5;1-2(3)4;6*1-2/h16-23,25H,7-15H2,1-6H3,(H,28,29);2-11H,12H2,1H3,(H,17,18);8-10H,1-7H2,(H,13,14);1-8H;1-6H;2H2,1H3,(H,4,5);1H3,(H,3,4);6*1-2H3. The van der Waals surface area contributed by atoms with Crippen LogP contribution < -0.4 is 0 Å². The minimum absolute atomic E-state index is 0.0844. The molecule has 8 fully saturated rings. The Morgan fingerprint density at radius 2 is 0.878 bits per heavy atom. The maximum Gasteiger partial charge on any atom is 0.304 e. The van der Waals surface area contributed by atoms with Gasteiger partial charge in [0.2, 0.25) is 0 Å². The quantitative estimate of drug-likeness (QED) is 0.0852. The monoisotopic (exact) mass is 1360 g/mol. The first-order chi connectivity index (χ1) is 46.8. The Hall–Kier alpha value is -6.29. The van der Waals surface area contributed by atoms with Crippen LogP contribution in [0.2, 0.25) is 0 Å². The molecule has 0 spiro atoms. The summed E-state index contributed by atoms with van der Waals surface area (Å²) in [5, 5.41) is 45.1. The number of benzene rings is 5. The van der Waals surface area contributed by atoms with Crippen molar-refractivity contribution in [2.75, 3.05) is 0 Å². The zero-order valence-corrected chi connectivity index (χ0v) is 65.3. The molecule has 0 aliphatic heterocycles. The normalized spacial score (nSPS) is 27.3. The predicted octanol–water partition coefficient (Wildman–Crippen LogP) is 24.7. The van der Waals surface area contributed by atoms with E-state index in [-0.39, 0.29) is 18.3 Å². The second-order valence-corrected chi connectivity index (χ2v) is 28.1. The molecule has 11 atom stereocenters. The van der Waals surface area contributed by atoms with Crippen LogP contribution >= 0.6 is 0 Å². The van der Waals surface area contributed by atoms with Gasteiger partial charge in [-0.2, -0.15) is 0 Å². The molecule has 10 nitrogen and oxygen atoms in total. The van der Waals surface area contributed by atoms with Gasteiger partial charge in [-0.1, -0.05) is 290 Å². The van der Waals surface area contributed by atoms with Crippen LogP contribution in [0, 0.1) is 87.3 Å². The minimum atomic E-state index is -0.833. The van der Waals surface area contributed by atoms with E-state index in [0.29, 0.717) is 35.5 Å². The maximum absolute atomic E-state index is 11.2. The van der Waals surface area contributed by atoms with E-state index in [0.717, 1.165) is 83.7 Å². The first-order valence-corrected chi connectivity index (χ1v) is 38.5. The summed E-state index contributed by atoms with van der Waals surface area (Å²) in [6.07, 6.45) is 19.8. The van der Waals surface area contributed by atoms with Gasteiger partial charge in [0.25, 0.3) is 5.97 Å². The molecule has 8 aliphatic carbocycles. The number of carboxylic acids is 5. The van der Waals surface area contributed by atoms with E-state index < -0.39 is 35.3 Å². The molecule has 0 heterocycles. The van der Waals surface area contributed by atoms with Crippen LogP contribution in [-0.2, 0) is 29.4 Å². The number of fused-ring (bicyclic) bond motifs is 6. The van der Waals surface area contributed by atoms with Gasteiger partial charge in [0, 0.05) is 25.2 Å². The second kappa shape index (κ2) is 48.5. The Kier molecular flexibility index (Phi) is 45.4. The van der Waals surface area contributed by atoms with Crippen molar-refractivity contribution in [3.05, 3.63) is 157 Å². The Balaban J connectivity index is 0.00000118. The van der Waals surface area contributed by atoms with E-state index in [1.807, 2.05) is 187 Å². The van der Waals surface area contributed by atoms with Gasteiger partial charge in [-0.15, -0.1) is 0 Å². The zero-order chi connectivity index (χ0) is 74.8. The molecule has 10 heteroatoms. The summed E-state index contributed by atoms with van der Waals surface area (Å²) < 4.78 is 0. The topological polar surface area (TPSA) is 186 Å². The Labute approximate surface area is 597 Å². The van der Waals surface area contributed by atoms with E-state index in [4.69, 9.17) is 20.1 Å². The number of hydrogen-bond donors (Lipinski definition) is 5. The Bertz CT molecular complexity index is 2740. The van der Waals surface area contributed by atoms with Crippen molar-refractivity contribution < 1.29 is 49.5 Å². The van der Waals surface area contributed by atoms with Crippen LogP contribution in [0.5, 0.6) is 0 Å². The van der Waals surface area contributed by atoms with Crippen molar-refractivity contribution in [3.8, 4) is 0 Å². The lowest BCUT2D eigenvalue weighted by Gasteiger charge is -2.65. The summed E-state index contributed by atoms with van der Waals surface area (Å²) in [6.45, 7) is 44.0. The van der Waals surface area contributed by atoms with Crippen molar-refractivity contribution in [3.63, 3.8) is 0 Å². The third kappa shape index (κ3) is 28.0. The summed E-state index contributed by atoms with van der Waals surface area (Å²) in [4.78, 5) is 51.6. The minimum Gasteiger partial charge on any atom is -0.481 e. The van der Waals surface area contributed by atoms with Crippen LogP contribution in [-0.4, -0.2) is 55.4 Å². The maximum atomic E-state index is 11.2. The van der Waals surface area contributed by atoms with Crippen molar-refractivity contribution in [2.45, 2.75) is 266 Å². The van der Waals surface area contributed by atoms with Crippen LogP contribution in [0.4, 0.5) is 0 Å². The van der Waals surface area contributed by atoms with E-state index >= 15 is 0 Å². The molecule has 0 amide bonds. The van der Waals surface area contributed by atoms with Crippen LogP contribution in [0.15, 0.2) is 146 Å². The molecule has 11 unspecified atom stereocenters. The summed E-state index contributed by atoms with van der Waals surface area (Å²) in [5.41, 5.74) is 2.77. The molecule has 0 aromatic heterocycles. The molecule has 98 heavy (non-hydrogen) atoms. The number of aliphatic carboxylic acids is 5. The molecule has 8 saturated carbocycles. The number of carbonyl (C=O) groups is 5. The highest BCUT2D eigenvalue weighted by atomic mass is 16.4. The molecule has 8 aliphatic rings. The highest BCUT2D eigenvalue weighted by Crippen LogP contribution is 2.71. The van der Waals surface area contributed by atoms with Gasteiger partial charge in [-0.25, -0.2) is 0 Å². The summed E-state index contributed by atoms with van der Waals surface area (Å²) in [5.74, 6) is 6.52. The first kappa shape index (κ1) is 91.7. The zero-order valence-electron chi connectivity index (χ0n) is 65.3. The lowest BCUT2D eigenvalue weighted by atomic mass is 9.40. The molecule has 0 saturated heterocycles. The van der Waals surface area contributed by atoms with E-state index in [2.05, 4.69) is 90.1 Å². The van der Waals surface area contributed by atoms with Crippen molar-refractivity contribution in [1.29, 1.82) is 0 Å². The molecule has 4 bridgehead atoms. The third-order valence-corrected chi connectivity index (χ3v) is 22.1. The van der Waals surface area contributed by atoms with Crippen LogP contribution in [0.25, 0.3) is 10.8 Å². The number of hydrogen-bond acceptors (Lipinski definition) is 5. The van der Waals surface area contributed by atoms with Crippen molar-refractivity contribution in [2.24, 2.45) is 87.3 Å². The van der Waals surface area contributed by atoms with Gasteiger partial charge in [-0.3, -0.25) is 24.0 Å². The van der Waals surface area contributed by atoms with Gasteiger partial charge in [0.1, 0.15) is 0 Å². The van der Waals surface area contributed by atoms with Crippen LogP contribution in [0.1, 0.15) is 272 Å². The van der Waals surface area contributed by atoms with Gasteiger partial charge in [0.15, 0.2) is 0 Å². The van der Waals surface area contributed by atoms with Crippen molar-refractivity contribution in [1.82, 2.24) is 0 Å². The number of carboxylic acid groups (broad SMARTS) is 5. The SMILES string of the molecule is CC.CC.CC.CC.CC.CC.CC(=O)O.CC(CC(=O)O)(c1ccccc1)c1ccccc1.CC1CCC2(C)C(C1)CC(C)C1C2CC(C)C2(C)C(C(C)CCC(=O)O)CCC12.CCC(=O)O.O=C(O)CC12CC3CC(CC(C3)C1)C2.c1ccc2ccccc2c1.c1ccccc1. The van der Waals surface area contributed by atoms with Crippen molar-refractivity contribution >= 4 is 40.6 Å². The fourth-order valence-electron chi connectivity index (χ4n) is 18.3. The molecule has 5 aromatic rings. The second-order valence-electron chi connectivity index (χ2n) is 28.1. The highest BCUT2D eigenvalue weighted by Gasteiger charge is 2.64. The molecule has 5 aromatic carbocycles. The Morgan fingerprint density at radius 1 is 0.500 bits per heavy atom. The fraction of sp³-hybridized carbons (Fsp3) is 0.625. The van der Waals surface area contributed by atoms with Gasteiger partial charge >= 0.3 is 23.9 Å². The summed E-state index contributed by atoms with van der Waals surface area (Å²) in [7, 11) is 0. The molecular weight excluding hydrogens is 1220 g/mol. The average molecular weight is 1360 g/mol. The van der Waals surface area contributed by atoms with Gasteiger partial charge in [0.05, 0.1) is 12.8 Å². The molecule has 0 radical (unpaired) electrons. The Morgan fingerprint density at radius 3 is 1.23 bits per heavy atom. The summed E-state index contributed by atoms with van der Waals surface area (Å²) >= 11 is 0. The van der Waals surface area contributed by atoms with E-state index in [1.165, 1.54) is 94.2 Å². The smallest absolute Gasteiger partial charge is 0.304 e. The largest absolute Gasteiger partial charge is 0.481 e. The van der Waals surface area contributed by atoms with Gasteiger partial charge < -0.3 is 25.5 Å². The van der Waals surface area contributed by atoms with Crippen LogP contribution in [0.3, 0.4) is 0 Å². The van der Waals surface area contributed by atoms with Gasteiger partial charge in [-0.05, 0) is 193 Å². The lowest BCUT2D eigenvalue weighted by Crippen LogP contribution is -2.58.